The molecule has 1 aromatic carbocycles. The van der Waals surface area contributed by atoms with Gasteiger partial charge in [-0.15, -0.1) is 0 Å². The topological polar surface area (TPSA) is 69.3 Å². The van der Waals surface area contributed by atoms with E-state index in [1.807, 2.05) is 49.7 Å². The lowest BCUT2D eigenvalue weighted by Crippen LogP contribution is -2.28. The van der Waals surface area contributed by atoms with Gasteiger partial charge in [-0.3, -0.25) is 9.48 Å². The summed E-state index contributed by atoms with van der Waals surface area (Å²) in [6.45, 7) is 9.07. The van der Waals surface area contributed by atoms with Gasteiger partial charge in [-0.25, -0.2) is 0 Å². The van der Waals surface area contributed by atoms with E-state index in [0.29, 0.717) is 5.76 Å². The van der Waals surface area contributed by atoms with E-state index in [4.69, 9.17) is 9.15 Å². The Balaban J connectivity index is 1.59. The molecule has 0 fully saturated rings. The molecule has 0 spiro atoms. The molecule has 0 aliphatic carbocycles. The van der Waals surface area contributed by atoms with Crippen LogP contribution in [0.4, 0.5) is 0 Å². The lowest BCUT2D eigenvalue weighted by atomic mass is 10.1. The minimum atomic E-state index is -0.260. The van der Waals surface area contributed by atoms with Gasteiger partial charge in [0, 0.05) is 12.7 Å². The largest absolute Gasteiger partial charge is 0.486 e. The maximum absolute atomic E-state index is 12.4. The zero-order chi connectivity index (χ0) is 19.4. The number of carbonyl (C=O) groups excluding carboxylic acids is 1. The summed E-state index contributed by atoms with van der Waals surface area (Å²) < 4.78 is 13.2. The first-order chi connectivity index (χ1) is 13.0. The molecule has 0 saturated heterocycles. The summed E-state index contributed by atoms with van der Waals surface area (Å²) >= 11 is 0. The first kappa shape index (κ1) is 18.8. The van der Waals surface area contributed by atoms with Crippen LogP contribution in [0.2, 0.25) is 0 Å². The van der Waals surface area contributed by atoms with Gasteiger partial charge in [-0.1, -0.05) is 6.07 Å². The molecule has 0 bridgehead atoms. The van der Waals surface area contributed by atoms with Crippen molar-refractivity contribution in [3.8, 4) is 5.75 Å². The fourth-order valence-electron chi connectivity index (χ4n) is 2.85. The molecule has 1 unspecified atom stereocenters. The number of rotatable bonds is 7. The Kier molecular flexibility index (Phi) is 5.64. The Morgan fingerprint density at radius 2 is 2.04 bits per heavy atom. The highest BCUT2D eigenvalue weighted by atomic mass is 16.5. The molecule has 0 aliphatic rings. The fraction of sp³-hybridized carbons (Fsp3) is 0.333. The molecule has 2 heterocycles. The third-order valence-electron chi connectivity index (χ3n) is 4.59. The number of nitrogens with zero attached hydrogens (tertiary/aromatic N) is 2. The molecule has 2 aromatic heterocycles. The van der Waals surface area contributed by atoms with E-state index < -0.39 is 0 Å². The van der Waals surface area contributed by atoms with Crippen molar-refractivity contribution in [2.24, 2.45) is 0 Å². The zero-order valence-corrected chi connectivity index (χ0v) is 16.2. The van der Waals surface area contributed by atoms with Crippen molar-refractivity contribution in [3.63, 3.8) is 0 Å². The van der Waals surface area contributed by atoms with Gasteiger partial charge in [-0.2, -0.15) is 5.10 Å². The van der Waals surface area contributed by atoms with Crippen LogP contribution in [-0.4, -0.2) is 15.7 Å². The van der Waals surface area contributed by atoms with Crippen molar-refractivity contribution in [1.82, 2.24) is 15.1 Å². The zero-order valence-electron chi connectivity index (χ0n) is 16.2. The Hall–Kier alpha value is -3.02. The number of nitrogens with one attached hydrogen (secondary N) is 1. The number of benzene rings is 1. The molecule has 0 aliphatic heterocycles. The van der Waals surface area contributed by atoms with Crippen LogP contribution in [-0.2, 0) is 13.2 Å². The molecular weight excluding hydrogens is 342 g/mol. The Bertz CT molecular complexity index is 926. The van der Waals surface area contributed by atoms with Crippen molar-refractivity contribution in [2.75, 3.05) is 0 Å². The molecule has 3 aromatic rings. The van der Waals surface area contributed by atoms with Gasteiger partial charge in [0.2, 0.25) is 0 Å². The quantitative estimate of drug-likeness (QED) is 0.680. The molecule has 0 radical (unpaired) electrons. The van der Waals surface area contributed by atoms with Crippen molar-refractivity contribution in [1.29, 1.82) is 0 Å². The number of ether oxygens (including phenoxy) is 1. The smallest absolute Gasteiger partial charge is 0.287 e. The maximum atomic E-state index is 12.4. The second-order valence-electron chi connectivity index (χ2n) is 6.57. The van der Waals surface area contributed by atoms with Gasteiger partial charge in [-0.05, 0) is 69.2 Å². The summed E-state index contributed by atoms with van der Waals surface area (Å²) in [5.41, 5.74) is 3.35. The third-order valence-corrected chi connectivity index (χ3v) is 4.59. The molecule has 1 amide bonds. The average Bonchev–Trinajstić information content (AvgIpc) is 3.31. The average molecular weight is 367 g/mol. The number of hydrogen-bond donors (Lipinski definition) is 1. The van der Waals surface area contributed by atoms with Crippen molar-refractivity contribution in [2.45, 2.75) is 46.9 Å². The normalized spacial score (nSPS) is 12.0. The SMILES string of the molecule is CCn1nccc1C(C)NC(=O)c1ccc(COc2ccc(C)c(C)c2)o1. The van der Waals surface area contributed by atoms with Crippen molar-refractivity contribution in [3.05, 3.63) is 70.9 Å². The number of furan rings is 1. The molecular formula is C21H25N3O3. The van der Waals surface area contributed by atoms with Crippen LogP contribution in [0.3, 0.4) is 0 Å². The fourth-order valence-corrected chi connectivity index (χ4v) is 2.85. The number of amides is 1. The number of carbonyl (C=O) groups is 1. The Labute approximate surface area is 159 Å². The molecule has 3 rings (SSSR count). The summed E-state index contributed by atoms with van der Waals surface area (Å²) in [7, 11) is 0. The molecule has 6 heteroatoms. The molecule has 6 nitrogen and oxygen atoms in total. The highest BCUT2D eigenvalue weighted by Crippen LogP contribution is 2.19. The standard InChI is InChI=1S/C21H25N3O3/c1-5-24-19(10-11-22-24)16(4)23-21(25)20-9-8-18(27-20)13-26-17-7-6-14(2)15(3)12-17/h6-12,16H,5,13H2,1-4H3,(H,23,25). The van der Waals surface area contributed by atoms with Gasteiger partial charge in [0.15, 0.2) is 5.76 Å². The lowest BCUT2D eigenvalue weighted by Gasteiger charge is -2.14. The highest BCUT2D eigenvalue weighted by Gasteiger charge is 2.17. The van der Waals surface area contributed by atoms with Gasteiger partial charge in [0.1, 0.15) is 18.1 Å². The first-order valence-corrected chi connectivity index (χ1v) is 9.09. The van der Waals surface area contributed by atoms with E-state index in [1.54, 1.807) is 18.3 Å². The monoisotopic (exact) mass is 367 g/mol. The van der Waals surface area contributed by atoms with E-state index in [1.165, 1.54) is 11.1 Å². The predicted octanol–water partition coefficient (Wildman–Crippen LogP) is 4.18. The molecule has 1 N–H and O–H groups in total. The van der Waals surface area contributed by atoms with E-state index in [-0.39, 0.29) is 24.3 Å². The predicted molar refractivity (Wildman–Crippen MR) is 103 cm³/mol. The van der Waals surface area contributed by atoms with E-state index in [9.17, 15) is 4.79 Å². The van der Waals surface area contributed by atoms with Gasteiger partial charge >= 0.3 is 0 Å². The number of aryl methyl sites for hydroxylation is 3. The molecule has 1 atom stereocenters. The number of hydrogen-bond acceptors (Lipinski definition) is 4. The van der Waals surface area contributed by atoms with Crippen LogP contribution in [0.25, 0.3) is 0 Å². The molecule has 27 heavy (non-hydrogen) atoms. The maximum Gasteiger partial charge on any atom is 0.287 e. The Morgan fingerprint density at radius 1 is 1.22 bits per heavy atom. The van der Waals surface area contributed by atoms with E-state index in [0.717, 1.165) is 18.0 Å². The highest BCUT2D eigenvalue weighted by molar-refractivity contribution is 5.91. The van der Waals surface area contributed by atoms with Crippen LogP contribution < -0.4 is 10.1 Å². The van der Waals surface area contributed by atoms with Crippen LogP contribution in [0, 0.1) is 13.8 Å². The van der Waals surface area contributed by atoms with E-state index in [2.05, 4.69) is 17.3 Å². The van der Waals surface area contributed by atoms with Crippen molar-refractivity contribution >= 4 is 5.91 Å². The van der Waals surface area contributed by atoms with E-state index >= 15 is 0 Å². The summed E-state index contributed by atoms with van der Waals surface area (Å²) in [5, 5.41) is 7.17. The van der Waals surface area contributed by atoms with Crippen LogP contribution in [0.5, 0.6) is 5.75 Å². The number of aromatic nitrogens is 2. The lowest BCUT2D eigenvalue weighted by molar-refractivity contribution is 0.0906. The first-order valence-electron chi connectivity index (χ1n) is 9.09. The minimum Gasteiger partial charge on any atom is -0.486 e. The Morgan fingerprint density at radius 3 is 2.78 bits per heavy atom. The summed E-state index contributed by atoms with van der Waals surface area (Å²) in [6, 6.07) is 11.1. The molecule has 142 valence electrons. The third kappa shape index (κ3) is 4.39. The van der Waals surface area contributed by atoms with Crippen molar-refractivity contribution < 1.29 is 13.9 Å². The van der Waals surface area contributed by atoms with Crippen LogP contribution in [0.1, 0.15) is 53.0 Å². The van der Waals surface area contributed by atoms with Gasteiger partial charge in [0.25, 0.3) is 5.91 Å². The second kappa shape index (κ2) is 8.12. The van der Waals surface area contributed by atoms with Gasteiger partial charge < -0.3 is 14.5 Å². The summed E-state index contributed by atoms with van der Waals surface area (Å²) in [6.07, 6.45) is 1.73. The summed E-state index contributed by atoms with van der Waals surface area (Å²) in [5.74, 6) is 1.39. The van der Waals surface area contributed by atoms with Gasteiger partial charge in [0.05, 0.1) is 11.7 Å². The second-order valence-corrected chi connectivity index (χ2v) is 6.57. The minimum absolute atomic E-state index is 0.166. The summed E-state index contributed by atoms with van der Waals surface area (Å²) in [4.78, 5) is 12.4. The van der Waals surface area contributed by atoms with Crippen LogP contribution in [0.15, 0.2) is 47.0 Å². The van der Waals surface area contributed by atoms with Crippen LogP contribution >= 0.6 is 0 Å². The molecule has 0 saturated carbocycles.